The molecule has 0 aromatic heterocycles. The minimum absolute atomic E-state index is 0.0514. The van der Waals surface area contributed by atoms with Gasteiger partial charge in [-0.15, -0.1) is 0 Å². The third kappa shape index (κ3) is 7.63. The molecule has 0 bridgehead atoms. The molecule has 9 heavy (non-hydrogen) atoms. The van der Waals surface area contributed by atoms with Crippen LogP contribution < -0.4 is 0 Å². The molecule has 0 radical (unpaired) electrons. The van der Waals surface area contributed by atoms with E-state index in [0.29, 0.717) is 0 Å². The molecular weight excluding hydrogens is 151 g/mol. The molecule has 0 unspecified atom stereocenters. The van der Waals surface area contributed by atoms with Crippen molar-refractivity contribution in [3.05, 3.63) is 0 Å². The topological polar surface area (TPSA) is 23.8 Å². The van der Waals surface area contributed by atoms with Crippen molar-refractivity contribution in [3.8, 4) is 6.07 Å². The number of rotatable bonds is 2. The Bertz CT molecular complexity index is 114. The molecule has 52 valence electrons. The molecule has 0 aliphatic carbocycles. The lowest BCUT2D eigenvalue weighted by molar-refractivity contribution is -0.0327. The van der Waals surface area contributed by atoms with E-state index in [-0.39, 0.29) is 23.9 Å². The van der Waals surface area contributed by atoms with E-state index in [0.717, 1.165) is 0 Å². The summed E-state index contributed by atoms with van der Waals surface area (Å²) < 4.78 is 33.7. The molecule has 0 rings (SSSR count). The van der Waals surface area contributed by atoms with Gasteiger partial charge in [-0.25, -0.2) is 0 Å². The summed E-state index contributed by atoms with van der Waals surface area (Å²) in [6.45, 7) is 0. The van der Waals surface area contributed by atoms with Gasteiger partial charge in [-0.3, -0.25) is 0 Å². The minimum atomic E-state index is -4.18. The van der Waals surface area contributed by atoms with Gasteiger partial charge in [0.15, 0.2) is 0 Å². The second-order valence-electron chi connectivity index (χ2n) is 1.20. The van der Waals surface area contributed by atoms with E-state index in [1.807, 2.05) is 0 Å². The summed E-state index contributed by atoms with van der Waals surface area (Å²) in [6.07, 6.45) is -0.0514. The maximum absolute atomic E-state index is 11.2. The highest BCUT2D eigenvalue weighted by atomic mass is 32.2. The van der Waals surface area contributed by atoms with Crippen LogP contribution in [0.15, 0.2) is 0 Å². The highest BCUT2D eigenvalue weighted by molar-refractivity contribution is 8.00. The Labute approximate surface area is 54.8 Å². The number of alkyl halides is 3. The van der Waals surface area contributed by atoms with E-state index in [4.69, 9.17) is 5.26 Å². The molecule has 0 aromatic rings. The third-order valence-electron chi connectivity index (χ3n) is 0.480. The standard InChI is InChI=1S/C4H4F3NS/c5-4(6,7)9-3-1-2-8/h1,3H2. The van der Waals surface area contributed by atoms with Gasteiger partial charge in [0, 0.05) is 12.2 Å². The number of hydrogen-bond donors (Lipinski definition) is 0. The SMILES string of the molecule is N#CCCSC(F)(F)F. The van der Waals surface area contributed by atoms with Crippen molar-refractivity contribution in [2.45, 2.75) is 11.9 Å². The van der Waals surface area contributed by atoms with E-state index >= 15 is 0 Å². The van der Waals surface area contributed by atoms with Gasteiger partial charge in [0.25, 0.3) is 0 Å². The van der Waals surface area contributed by atoms with E-state index in [1.165, 1.54) is 0 Å². The van der Waals surface area contributed by atoms with Crippen LogP contribution in [0.5, 0.6) is 0 Å². The van der Waals surface area contributed by atoms with E-state index in [9.17, 15) is 13.2 Å². The predicted octanol–water partition coefficient (Wildman–Crippen LogP) is 2.15. The van der Waals surface area contributed by atoms with Gasteiger partial charge in [-0.1, -0.05) is 0 Å². The van der Waals surface area contributed by atoms with E-state index < -0.39 is 5.51 Å². The van der Waals surface area contributed by atoms with Gasteiger partial charge >= 0.3 is 5.51 Å². The summed E-state index contributed by atoms with van der Waals surface area (Å²) in [4.78, 5) is 0. The van der Waals surface area contributed by atoms with Gasteiger partial charge < -0.3 is 0 Å². The normalized spacial score (nSPS) is 10.9. The number of thioether (sulfide) groups is 1. The second-order valence-corrected chi connectivity index (χ2v) is 2.36. The number of halogens is 3. The fraction of sp³-hybridized carbons (Fsp3) is 0.750. The molecule has 5 heteroatoms. The second kappa shape index (κ2) is 3.62. The summed E-state index contributed by atoms with van der Waals surface area (Å²) >= 11 is -0.164. The Morgan fingerprint density at radius 1 is 1.44 bits per heavy atom. The zero-order chi connectivity index (χ0) is 7.33. The molecule has 0 amide bonds. The van der Waals surface area contributed by atoms with Crippen molar-refractivity contribution < 1.29 is 13.2 Å². The van der Waals surface area contributed by atoms with Crippen LogP contribution in [0.4, 0.5) is 13.2 Å². The Hall–Kier alpha value is -0.370. The van der Waals surface area contributed by atoms with Gasteiger partial charge in [0.05, 0.1) is 6.07 Å². The maximum Gasteiger partial charge on any atom is 0.441 e. The van der Waals surface area contributed by atoms with Crippen molar-refractivity contribution >= 4 is 11.8 Å². The van der Waals surface area contributed by atoms with Gasteiger partial charge in [-0.05, 0) is 11.8 Å². The van der Waals surface area contributed by atoms with Crippen LogP contribution in [0.1, 0.15) is 6.42 Å². The lowest BCUT2D eigenvalue weighted by Crippen LogP contribution is -2.00. The van der Waals surface area contributed by atoms with E-state index in [2.05, 4.69) is 0 Å². The summed E-state index contributed by atoms with van der Waals surface area (Å²) in [5.74, 6) is -0.167. The Morgan fingerprint density at radius 3 is 2.33 bits per heavy atom. The summed E-state index contributed by atoms with van der Waals surface area (Å²) in [6, 6.07) is 1.62. The molecule has 0 atom stereocenters. The maximum atomic E-state index is 11.2. The van der Waals surface area contributed by atoms with Crippen LogP contribution >= 0.6 is 11.8 Å². The first-order chi connectivity index (χ1) is 4.06. The highest BCUT2D eigenvalue weighted by Gasteiger charge is 2.27. The molecule has 0 aromatic carbocycles. The fourth-order valence-corrected chi connectivity index (χ4v) is 0.637. The number of nitriles is 1. The van der Waals surface area contributed by atoms with E-state index in [1.54, 1.807) is 6.07 Å². The molecule has 0 spiro atoms. The lowest BCUT2D eigenvalue weighted by atomic mass is 10.6. The van der Waals surface area contributed by atoms with Crippen molar-refractivity contribution in [3.63, 3.8) is 0 Å². The summed E-state index contributed by atoms with van der Waals surface area (Å²) in [7, 11) is 0. The largest absolute Gasteiger partial charge is 0.441 e. The highest BCUT2D eigenvalue weighted by Crippen LogP contribution is 2.30. The Morgan fingerprint density at radius 2 is 2.00 bits per heavy atom. The number of nitrogens with zero attached hydrogens (tertiary/aromatic N) is 1. The van der Waals surface area contributed by atoms with Crippen LogP contribution in [0, 0.1) is 11.3 Å². The molecule has 0 aliphatic heterocycles. The number of hydrogen-bond acceptors (Lipinski definition) is 2. The summed E-state index contributed by atoms with van der Waals surface area (Å²) in [5, 5.41) is 7.83. The van der Waals surface area contributed by atoms with Crippen molar-refractivity contribution in [1.82, 2.24) is 0 Å². The average Bonchev–Trinajstić information content (AvgIpc) is 1.63. The zero-order valence-electron chi connectivity index (χ0n) is 4.40. The molecule has 0 N–H and O–H groups in total. The van der Waals surface area contributed by atoms with Gasteiger partial charge in [-0.2, -0.15) is 18.4 Å². The van der Waals surface area contributed by atoms with Crippen molar-refractivity contribution in [2.75, 3.05) is 5.75 Å². The molecule has 1 nitrogen and oxygen atoms in total. The van der Waals surface area contributed by atoms with Crippen LogP contribution in [0.3, 0.4) is 0 Å². The molecular formula is C4H4F3NS. The van der Waals surface area contributed by atoms with Crippen LogP contribution in [0.2, 0.25) is 0 Å². The molecule has 0 saturated heterocycles. The monoisotopic (exact) mass is 155 g/mol. The first-order valence-corrected chi connectivity index (χ1v) is 3.12. The van der Waals surface area contributed by atoms with Gasteiger partial charge in [0.2, 0.25) is 0 Å². The lowest BCUT2D eigenvalue weighted by Gasteiger charge is -2.00. The molecule has 0 saturated carbocycles. The van der Waals surface area contributed by atoms with Crippen molar-refractivity contribution in [1.29, 1.82) is 5.26 Å². The zero-order valence-corrected chi connectivity index (χ0v) is 5.22. The summed E-state index contributed by atoms with van der Waals surface area (Å²) in [5.41, 5.74) is -4.18. The average molecular weight is 155 g/mol. The van der Waals surface area contributed by atoms with Crippen LogP contribution in [-0.2, 0) is 0 Å². The molecule has 0 fully saturated rings. The smallest absolute Gasteiger partial charge is 0.198 e. The first kappa shape index (κ1) is 8.63. The van der Waals surface area contributed by atoms with Crippen LogP contribution in [-0.4, -0.2) is 11.3 Å². The predicted molar refractivity (Wildman–Crippen MR) is 28.7 cm³/mol. The fourth-order valence-electron chi connectivity index (χ4n) is 0.212. The quantitative estimate of drug-likeness (QED) is 0.570. The van der Waals surface area contributed by atoms with Crippen molar-refractivity contribution in [2.24, 2.45) is 0 Å². The first-order valence-electron chi connectivity index (χ1n) is 2.14. The molecule has 0 aliphatic rings. The third-order valence-corrected chi connectivity index (χ3v) is 1.22. The minimum Gasteiger partial charge on any atom is -0.198 e. The Kier molecular flexibility index (Phi) is 3.47. The van der Waals surface area contributed by atoms with Crippen LogP contribution in [0.25, 0.3) is 0 Å². The Balaban J connectivity index is 3.20. The molecule has 0 heterocycles. The van der Waals surface area contributed by atoms with Gasteiger partial charge in [0.1, 0.15) is 0 Å².